The van der Waals surface area contributed by atoms with Crippen molar-refractivity contribution < 1.29 is 9.90 Å². The van der Waals surface area contributed by atoms with Crippen LogP contribution in [0.3, 0.4) is 0 Å². The molecule has 0 unspecified atom stereocenters. The Hall–Kier alpha value is -0.570. The quantitative estimate of drug-likeness (QED) is 0.839. The monoisotopic (exact) mass is 253 g/mol. The molecule has 1 saturated carbocycles. The van der Waals surface area contributed by atoms with Gasteiger partial charge in [-0.1, -0.05) is 38.5 Å². The van der Waals surface area contributed by atoms with Gasteiger partial charge in [0.25, 0.3) is 0 Å². The summed E-state index contributed by atoms with van der Waals surface area (Å²) in [6.07, 6.45) is 11.7. The lowest BCUT2D eigenvalue weighted by Gasteiger charge is -2.38. The van der Waals surface area contributed by atoms with Crippen molar-refractivity contribution >= 4 is 5.97 Å². The molecule has 1 heterocycles. The Morgan fingerprint density at radius 2 is 1.39 bits per heavy atom. The van der Waals surface area contributed by atoms with Crippen molar-refractivity contribution in [1.29, 1.82) is 0 Å². The van der Waals surface area contributed by atoms with Crippen LogP contribution in [-0.2, 0) is 4.79 Å². The van der Waals surface area contributed by atoms with Crippen molar-refractivity contribution in [1.82, 2.24) is 4.90 Å². The average molecular weight is 253 g/mol. The second-order valence-corrected chi connectivity index (χ2v) is 6.19. The number of hydrogen-bond donors (Lipinski definition) is 1. The number of nitrogens with zero attached hydrogens (tertiary/aromatic N) is 1. The van der Waals surface area contributed by atoms with Gasteiger partial charge in [0.15, 0.2) is 0 Å². The van der Waals surface area contributed by atoms with E-state index in [2.05, 4.69) is 4.90 Å². The van der Waals surface area contributed by atoms with Crippen LogP contribution < -0.4 is 0 Å². The number of carboxylic acids is 1. The van der Waals surface area contributed by atoms with E-state index in [1.54, 1.807) is 0 Å². The molecule has 3 heteroatoms. The largest absolute Gasteiger partial charge is 0.481 e. The fraction of sp³-hybridized carbons (Fsp3) is 0.933. The summed E-state index contributed by atoms with van der Waals surface area (Å²) >= 11 is 0. The van der Waals surface area contributed by atoms with Gasteiger partial charge >= 0.3 is 5.97 Å². The van der Waals surface area contributed by atoms with Crippen LogP contribution in [0.15, 0.2) is 0 Å². The number of rotatable bonds is 3. The lowest BCUT2D eigenvalue weighted by Crippen LogP contribution is -2.45. The molecule has 1 N–H and O–H groups in total. The van der Waals surface area contributed by atoms with E-state index >= 15 is 0 Å². The molecule has 0 bridgehead atoms. The van der Waals surface area contributed by atoms with Crippen LogP contribution in [0.1, 0.15) is 64.2 Å². The van der Waals surface area contributed by atoms with Gasteiger partial charge in [-0.2, -0.15) is 0 Å². The Labute approximate surface area is 111 Å². The van der Waals surface area contributed by atoms with E-state index in [-0.39, 0.29) is 0 Å². The molecule has 0 aromatic heterocycles. The summed E-state index contributed by atoms with van der Waals surface area (Å²) < 4.78 is 0. The predicted octanol–water partition coefficient (Wildman–Crippen LogP) is 3.29. The fourth-order valence-electron chi connectivity index (χ4n) is 3.57. The van der Waals surface area contributed by atoms with Crippen LogP contribution in [-0.4, -0.2) is 35.6 Å². The molecule has 0 aromatic carbocycles. The Kier molecular flexibility index (Phi) is 5.04. The molecule has 1 aliphatic carbocycles. The minimum atomic E-state index is -0.552. The first-order valence-electron chi connectivity index (χ1n) is 7.69. The smallest absolute Gasteiger partial charge is 0.310 e. The summed E-state index contributed by atoms with van der Waals surface area (Å²) in [7, 11) is 0. The van der Waals surface area contributed by atoms with Gasteiger partial charge < -0.3 is 10.0 Å². The van der Waals surface area contributed by atoms with E-state index in [0.29, 0.717) is 0 Å². The summed E-state index contributed by atoms with van der Waals surface area (Å²) in [5.41, 5.74) is -0.433. The number of likely N-dealkylation sites (tertiary alicyclic amines) is 1. The van der Waals surface area contributed by atoms with E-state index in [9.17, 15) is 9.90 Å². The van der Waals surface area contributed by atoms with Crippen molar-refractivity contribution in [3.8, 4) is 0 Å². The van der Waals surface area contributed by atoms with Crippen molar-refractivity contribution in [2.24, 2.45) is 5.41 Å². The Bertz CT molecular complexity index is 264. The van der Waals surface area contributed by atoms with E-state index in [4.69, 9.17) is 0 Å². The molecule has 2 rings (SSSR count). The van der Waals surface area contributed by atoms with Crippen LogP contribution in [0.5, 0.6) is 0 Å². The normalized spacial score (nSPS) is 26.2. The molecule has 2 aliphatic rings. The Morgan fingerprint density at radius 3 is 1.94 bits per heavy atom. The van der Waals surface area contributed by atoms with Crippen molar-refractivity contribution in [2.45, 2.75) is 64.2 Å². The standard InChI is InChI=1S/C15H27NO2/c17-14(18)15(9-5-4-6-10-15)13-16-11-7-2-1-3-8-12-16/h1-13H2,(H,17,18). The number of aliphatic carboxylic acids is 1. The molecule has 0 radical (unpaired) electrons. The van der Waals surface area contributed by atoms with Crippen LogP contribution in [0.25, 0.3) is 0 Å². The maximum atomic E-state index is 11.7. The van der Waals surface area contributed by atoms with Crippen LogP contribution >= 0.6 is 0 Å². The van der Waals surface area contributed by atoms with Gasteiger partial charge in [0.05, 0.1) is 5.41 Å². The van der Waals surface area contributed by atoms with Crippen LogP contribution in [0.4, 0.5) is 0 Å². The third kappa shape index (κ3) is 3.47. The summed E-state index contributed by atoms with van der Waals surface area (Å²) in [6, 6.07) is 0. The number of hydrogen-bond acceptors (Lipinski definition) is 2. The highest BCUT2D eigenvalue weighted by Crippen LogP contribution is 2.37. The van der Waals surface area contributed by atoms with E-state index in [1.165, 1.54) is 38.5 Å². The molecule has 18 heavy (non-hydrogen) atoms. The van der Waals surface area contributed by atoms with Crippen molar-refractivity contribution in [3.63, 3.8) is 0 Å². The second kappa shape index (κ2) is 6.55. The molecular weight excluding hydrogens is 226 g/mol. The first kappa shape index (κ1) is 13.9. The Balaban J connectivity index is 1.96. The zero-order valence-corrected chi connectivity index (χ0v) is 11.5. The molecule has 0 atom stereocenters. The molecule has 3 nitrogen and oxygen atoms in total. The molecule has 0 spiro atoms. The van der Waals surface area contributed by atoms with E-state index < -0.39 is 11.4 Å². The van der Waals surface area contributed by atoms with Gasteiger partial charge in [-0.15, -0.1) is 0 Å². The molecule has 2 fully saturated rings. The van der Waals surface area contributed by atoms with Gasteiger partial charge in [-0.25, -0.2) is 0 Å². The van der Waals surface area contributed by atoms with Crippen LogP contribution in [0.2, 0.25) is 0 Å². The first-order valence-corrected chi connectivity index (χ1v) is 7.69. The van der Waals surface area contributed by atoms with Gasteiger partial charge in [-0.3, -0.25) is 4.79 Å². The molecule has 1 saturated heterocycles. The number of carboxylic acid groups (broad SMARTS) is 1. The SMILES string of the molecule is O=C(O)C1(CN2CCCCCCC2)CCCCC1. The lowest BCUT2D eigenvalue weighted by atomic mass is 9.73. The lowest BCUT2D eigenvalue weighted by molar-refractivity contribution is -0.152. The first-order chi connectivity index (χ1) is 8.73. The average Bonchev–Trinajstić information content (AvgIpc) is 2.33. The molecule has 1 aliphatic heterocycles. The van der Waals surface area contributed by atoms with Crippen LogP contribution in [0, 0.1) is 5.41 Å². The Morgan fingerprint density at radius 1 is 0.889 bits per heavy atom. The maximum absolute atomic E-state index is 11.7. The molecule has 104 valence electrons. The van der Waals surface area contributed by atoms with Gasteiger partial charge in [0.1, 0.15) is 0 Å². The van der Waals surface area contributed by atoms with Crippen molar-refractivity contribution in [3.05, 3.63) is 0 Å². The fourth-order valence-corrected chi connectivity index (χ4v) is 3.57. The number of carbonyl (C=O) groups is 1. The molecule has 0 amide bonds. The second-order valence-electron chi connectivity index (χ2n) is 6.19. The summed E-state index contributed by atoms with van der Waals surface area (Å²) in [5, 5.41) is 9.62. The third-order valence-electron chi connectivity index (χ3n) is 4.74. The topological polar surface area (TPSA) is 40.5 Å². The summed E-state index contributed by atoms with van der Waals surface area (Å²) in [4.78, 5) is 14.1. The predicted molar refractivity (Wildman–Crippen MR) is 72.7 cm³/mol. The zero-order valence-electron chi connectivity index (χ0n) is 11.5. The highest BCUT2D eigenvalue weighted by molar-refractivity contribution is 5.75. The van der Waals surface area contributed by atoms with Gasteiger partial charge in [0, 0.05) is 6.54 Å². The minimum Gasteiger partial charge on any atom is -0.481 e. The van der Waals surface area contributed by atoms with Crippen molar-refractivity contribution in [2.75, 3.05) is 19.6 Å². The maximum Gasteiger partial charge on any atom is 0.310 e. The van der Waals surface area contributed by atoms with E-state index in [0.717, 1.165) is 45.3 Å². The zero-order chi connectivity index (χ0) is 12.8. The third-order valence-corrected chi connectivity index (χ3v) is 4.74. The summed E-state index contributed by atoms with van der Waals surface area (Å²) in [6.45, 7) is 3.01. The highest BCUT2D eigenvalue weighted by atomic mass is 16.4. The summed E-state index contributed by atoms with van der Waals surface area (Å²) in [5.74, 6) is -0.552. The highest BCUT2D eigenvalue weighted by Gasteiger charge is 2.40. The van der Waals surface area contributed by atoms with E-state index in [1.807, 2.05) is 0 Å². The van der Waals surface area contributed by atoms with Gasteiger partial charge in [-0.05, 0) is 38.8 Å². The molecule has 0 aromatic rings. The van der Waals surface area contributed by atoms with Gasteiger partial charge in [0.2, 0.25) is 0 Å². The minimum absolute atomic E-state index is 0.433. The molecular formula is C15H27NO2.